The maximum absolute atomic E-state index is 13.4. The second-order valence-electron chi connectivity index (χ2n) is 27.8. The van der Waals surface area contributed by atoms with E-state index in [2.05, 4.69) is 49.1 Å². The van der Waals surface area contributed by atoms with E-state index in [9.17, 15) is 99.1 Å². The molecule has 5 N–H and O–H groups in total. The smallest absolute Gasteiger partial charge is 1.00 e. The standard InChI is InChI=1S/C20H19ClF2N4O5S.C20H21ClF2N4O3S.C12H11ClF2N4O4S.C9H7ClF2N4O2.C9H12O.C3H5ClO2S.CH2O3.2K.H/c1-32-13-4-2-12(3-5-13)10-26(33(30,31)14-6-7-14)20-18-15(21)8-9-16(27(28)29)19(18)25(24-20)11-17(22)23;1-30-13-4-2-12(3-5-13)10-27(31(28,29)14-6-7-14)20-18-15(21)8-9-16(24)19(18)26(25-20)11-17(22)23;13-7-3-4-8(19(20)21)11-10(7)12(16-18(11)5-9(14)15)17-24(22,23)6-1-2-6;10-4-1-2-5(16(17)18)8-7(4)9(13)14-15(8)3-6(11)12;1-3-8-4-6-9(10-2)7-5-8;4-7(5,6)3-1-2-3;2-1-4-3;;;/h2-5,8-9,14,17H,6-7,10-11H2,1H3;2-5,8-9,14,17H,6-7,10-11,24H2,1H3;3-4,6,9H,1-2,5H2,(H,16,17);1-2,6H,3H2,(H2,13,14);4-7H,3H2,1-2H3;3H,1-2H2;1,3H;;;/q;;;;;;;2*+1;-1/p-1. The van der Waals surface area contributed by atoms with Crippen LogP contribution in [0.3, 0.4) is 0 Å². The fourth-order valence-corrected chi connectivity index (χ4v) is 19.4. The average molecular weight is 2050 g/mol. The van der Waals surface area contributed by atoms with Crippen molar-refractivity contribution in [2.24, 2.45) is 0 Å². The molecule has 0 radical (unpaired) electrons. The molecular weight excluding hydrogens is 1970 g/mol. The molecule has 690 valence electrons. The number of hydrogen-bond acceptors (Lipinski definition) is 26. The topological polar surface area (TPSA) is 485 Å². The maximum atomic E-state index is 13.4. The van der Waals surface area contributed by atoms with Gasteiger partial charge in [-0.05, 0) is 141 Å². The maximum Gasteiger partial charge on any atom is 1.00 e. The largest absolute Gasteiger partial charge is 1.00 e. The first-order chi connectivity index (χ1) is 59.8. The Morgan fingerprint density at radius 1 is 0.473 bits per heavy atom. The Balaban J connectivity index is 0.000000249. The molecule has 4 saturated carbocycles. The van der Waals surface area contributed by atoms with E-state index in [0.717, 1.165) is 65.9 Å². The van der Waals surface area contributed by atoms with Gasteiger partial charge in [-0.3, -0.25) is 44.5 Å². The van der Waals surface area contributed by atoms with Gasteiger partial charge in [0.05, 0.1) is 123 Å². The van der Waals surface area contributed by atoms with Gasteiger partial charge >= 0.3 is 103 Å². The SMILES string of the molecule is CCc1ccc(OC)cc1.COc1ccc(CN(c2nn(CC(F)F)c3c(N)ccc(Cl)c23)S(=O)(=O)C2CC2)cc1.COc1ccc(CN(c2nn(CC(F)F)c3c([N+](=O)[O-])ccc(Cl)c23)S(=O)(=O)C2CC2)cc1.Nc1nn(CC(F)F)c2c([N+](=O)[O-])ccc(Cl)c12.O=CO[O-].O=S(=O)(Cl)C1CC1.O=[N+]([O-])c1ccc(Cl)c2c(NS(=O)(=O)C3CC3)nn(CC(F)F)c12.[H-].[K+].[K+]. The number of nitro groups is 3. The second kappa shape index (κ2) is 47.4. The van der Waals surface area contributed by atoms with Crippen LogP contribution in [0.1, 0.15) is 76.4 Å². The number of ether oxygens (including phenoxy) is 3. The van der Waals surface area contributed by atoms with Gasteiger partial charge in [0, 0.05) is 28.9 Å². The number of nitrogen functional groups attached to an aromatic ring is 2. The number of methoxy groups -OCH3 is 3. The summed E-state index contributed by atoms with van der Waals surface area (Å²) in [5.41, 5.74) is 12.6. The third-order valence-electron chi connectivity index (χ3n) is 18.8. The van der Waals surface area contributed by atoms with Crippen LogP contribution >= 0.6 is 57.1 Å². The number of aromatic nitrogens is 8. The summed E-state index contributed by atoms with van der Waals surface area (Å²) >= 11 is 24.6. The normalized spacial score (nSPS) is 13.6. The number of nitrogens with two attached hydrogens (primary N) is 2. The van der Waals surface area contributed by atoms with Crippen LogP contribution in [0.15, 0.2) is 121 Å². The summed E-state index contributed by atoms with van der Waals surface area (Å²) in [7, 11) is -5.01. The third-order valence-corrected chi connectivity index (χ3v) is 28.4. The van der Waals surface area contributed by atoms with Crippen LogP contribution in [0.5, 0.6) is 17.2 Å². The molecule has 4 aromatic heterocycles. The number of hydrogen-bond donors (Lipinski definition) is 3. The number of benzene rings is 7. The Morgan fingerprint density at radius 3 is 1.09 bits per heavy atom. The van der Waals surface area contributed by atoms with Gasteiger partial charge in [-0.1, -0.05) is 89.7 Å². The Morgan fingerprint density at radius 2 is 0.775 bits per heavy atom. The molecule has 0 unspecified atom stereocenters. The molecule has 0 amide bonds. The number of aryl methyl sites for hydroxylation is 1. The molecule has 55 heteroatoms. The number of anilines is 5. The number of rotatable bonds is 30. The molecule has 0 bridgehead atoms. The number of carbonyl (C=O) groups excluding carboxylic acids is 1. The molecule has 4 heterocycles. The first-order valence-corrected chi connectivity index (χ1v) is 45.7. The first-order valence-electron chi connectivity index (χ1n) is 37.3. The van der Waals surface area contributed by atoms with Crippen molar-refractivity contribution in [3.8, 4) is 17.2 Å². The Hall–Kier alpha value is -7.59. The Kier molecular flexibility index (Phi) is 39.8. The number of sulfonamides is 3. The molecule has 0 spiro atoms. The number of non-ortho nitro benzene ring substituents is 3. The van der Waals surface area contributed by atoms with Crippen LogP contribution in [0.4, 0.5) is 81.1 Å². The number of carbonyl (C=O) groups is 1. The van der Waals surface area contributed by atoms with Gasteiger partial charge in [0.1, 0.15) is 60.0 Å². The van der Waals surface area contributed by atoms with E-state index in [-0.39, 0.29) is 227 Å². The fraction of sp³-hybridized carbons (Fsp3) is 0.365. The molecule has 0 atom stereocenters. The van der Waals surface area contributed by atoms with E-state index in [1.807, 2.05) is 12.1 Å². The molecule has 0 saturated heterocycles. The molecule has 0 aliphatic heterocycles. The van der Waals surface area contributed by atoms with Crippen molar-refractivity contribution < 1.29 is 217 Å². The number of nitrogens with zero attached hydrogens (tertiary/aromatic N) is 13. The van der Waals surface area contributed by atoms with Crippen LogP contribution in [0.2, 0.25) is 20.1 Å². The van der Waals surface area contributed by atoms with Crippen molar-refractivity contribution in [2.75, 3.05) is 46.1 Å². The Bertz CT molecular complexity index is 6290. The quantitative estimate of drug-likeness (QED) is 0.00551. The molecule has 4 aliphatic carbocycles. The van der Waals surface area contributed by atoms with Crippen LogP contribution in [-0.4, -0.2) is 162 Å². The predicted octanol–water partition coefficient (Wildman–Crippen LogP) is 9.16. The number of alkyl halides is 8. The van der Waals surface area contributed by atoms with Gasteiger partial charge in [0.15, 0.2) is 23.3 Å². The second-order valence-corrected chi connectivity index (χ2v) is 38.6. The number of halogens is 13. The fourth-order valence-electron chi connectivity index (χ4n) is 12.3. The Labute approximate surface area is 841 Å². The zero-order valence-corrected chi connectivity index (χ0v) is 81.8. The predicted molar refractivity (Wildman–Crippen MR) is 458 cm³/mol. The van der Waals surface area contributed by atoms with E-state index in [1.54, 1.807) is 55.6 Å². The van der Waals surface area contributed by atoms with Crippen molar-refractivity contribution in [1.82, 2.24) is 39.1 Å². The average Bonchev–Trinajstić information content (AvgIpc) is 1.59. The summed E-state index contributed by atoms with van der Waals surface area (Å²) in [5, 5.41) is 56.4. The van der Waals surface area contributed by atoms with Gasteiger partial charge in [0.25, 0.3) is 49.2 Å². The van der Waals surface area contributed by atoms with Crippen molar-refractivity contribution >= 4 is 192 Å². The number of fused-ring (bicyclic) bond motifs is 4. The first kappa shape index (κ1) is 108. The summed E-state index contributed by atoms with van der Waals surface area (Å²) in [6.07, 6.45) is -5.58. The van der Waals surface area contributed by atoms with E-state index in [0.29, 0.717) is 65.8 Å². The van der Waals surface area contributed by atoms with Gasteiger partial charge < -0.3 is 37.2 Å². The van der Waals surface area contributed by atoms with Gasteiger partial charge in [-0.2, -0.15) is 20.4 Å². The van der Waals surface area contributed by atoms with Crippen molar-refractivity contribution in [2.45, 2.75) is 151 Å². The van der Waals surface area contributed by atoms with Crippen LogP contribution in [0.25, 0.3) is 43.6 Å². The van der Waals surface area contributed by atoms with E-state index in [1.165, 1.54) is 50.1 Å². The van der Waals surface area contributed by atoms with E-state index >= 15 is 0 Å². The van der Waals surface area contributed by atoms with Crippen molar-refractivity contribution in [3.05, 3.63) is 188 Å². The minimum Gasteiger partial charge on any atom is -1.00 e. The summed E-state index contributed by atoms with van der Waals surface area (Å²) in [5.74, 6) is 1.50. The molecular formula is C74H77Cl5F8K2N16O20S4. The van der Waals surface area contributed by atoms with Gasteiger partial charge in [-0.15, -0.1) is 0 Å². The number of nitrogens with one attached hydrogen (secondary N) is 1. The zero-order chi connectivity index (χ0) is 93.6. The minimum absolute atomic E-state index is 0. The van der Waals surface area contributed by atoms with Crippen LogP contribution < -0.4 is 147 Å². The zero-order valence-electron chi connectivity index (χ0n) is 69.5. The summed E-state index contributed by atoms with van der Waals surface area (Å²) in [6, 6.07) is 31.7. The molecule has 7 aromatic carbocycles. The third kappa shape index (κ3) is 28.3. The molecule has 15 rings (SSSR count). The van der Waals surface area contributed by atoms with Crippen LogP contribution in [-0.2, 0) is 94.5 Å². The summed E-state index contributed by atoms with van der Waals surface area (Å²) in [6.45, 7) is -1.64. The number of nitro benzene ring substituents is 3. The minimum atomic E-state index is -3.94. The van der Waals surface area contributed by atoms with Gasteiger partial charge in [-0.25, -0.2) is 91.5 Å². The van der Waals surface area contributed by atoms with Gasteiger partial charge in [0.2, 0.25) is 39.1 Å². The van der Waals surface area contributed by atoms with E-state index < -0.39 is 133 Å². The van der Waals surface area contributed by atoms with E-state index in [4.69, 9.17) is 92.8 Å². The summed E-state index contributed by atoms with van der Waals surface area (Å²) < 4.78 is 224. The molecule has 36 nitrogen and oxygen atoms in total. The molecule has 11 aromatic rings. The van der Waals surface area contributed by atoms with Crippen molar-refractivity contribution in [3.63, 3.8) is 0 Å². The molecule has 129 heavy (non-hydrogen) atoms. The monoisotopic (exact) mass is 2040 g/mol. The van der Waals surface area contributed by atoms with Crippen molar-refractivity contribution in [1.29, 1.82) is 0 Å². The van der Waals surface area contributed by atoms with Crippen LogP contribution in [0, 0.1) is 30.3 Å². The molecule has 4 aliphatic rings. The summed E-state index contributed by atoms with van der Waals surface area (Å²) in [4.78, 5) is 42.7. The molecule has 4 fully saturated rings.